The van der Waals surface area contributed by atoms with Gasteiger partial charge in [-0.2, -0.15) is 26.3 Å². The number of hydrogen-bond donors (Lipinski definition) is 1. The summed E-state index contributed by atoms with van der Waals surface area (Å²) in [4.78, 5) is 14.7. The van der Waals surface area contributed by atoms with Crippen LogP contribution in [0.15, 0.2) is 59.9 Å². The molecule has 0 atom stereocenters. The Morgan fingerprint density at radius 3 is 2.28 bits per heavy atom. The molecular weight excluding hydrogens is 488 g/mol. The van der Waals surface area contributed by atoms with Crippen molar-refractivity contribution in [2.75, 3.05) is 0 Å². The van der Waals surface area contributed by atoms with Crippen LogP contribution in [0.1, 0.15) is 21.6 Å². The summed E-state index contributed by atoms with van der Waals surface area (Å²) in [6.45, 7) is 0. The van der Waals surface area contributed by atoms with Crippen molar-refractivity contribution in [1.29, 1.82) is 0 Å². The van der Waals surface area contributed by atoms with Crippen LogP contribution in [0.25, 0.3) is 5.69 Å². The van der Waals surface area contributed by atoms with Gasteiger partial charge >= 0.3 is 12.4 Å². The first-order valence-corrected chi connectivity index (χ1v) is 10.2. The fraction of sp³-hybridized carbons (Fsp3) is 0.111. The fourth-order valence-electron chi connectivity index (χ4n) is 2.63. The Morgan fingerprint density at radius 2 is 1.66 bits per heavy atom. The zero-order chi connectivity index (χ0) is 23.9. The smallest absolute Gasteiger partial charge is 0.305 e. The number of aromatic nitrogens is 2. The lowest BCUT2D eigenvalue weighted by Crippen LogP contribution is -2.32. The van der Waals surface area contributed by atoms with E-state index in [1.165, 1.54) is 4.72 Å². The normalized spacial score (nSPS) is 12.6. The van der Waals surface area contributed by atoms with E-state index in [4.69, 9.17) is 11.6 Å². The topological polar surface area (TPSA) is 81.1 Å². The van der Waals surface area contributed by atoms with Gasteiger partial charge in [-0.15, -0.1) is 0 Å². The minimum atomic E-state index is -5.00. The molecule has 170 valence electrons. The van der Waals surface area contributed by atoms with Gasteiger partial charge in [-0.25, -0.2) is 18.1 Å². The number of imidazole rings is 1. The van der Waals surface area contributed by atoms with Crippen molar-refractivity contribution in [2.45, 2.75) is 17.2 Å². The maximum atomic E-state index is 13.1. The highest BCUT2D eigenvalue weighted by molar-refractivity contribution is 7.90. The molecule has 1 N–H and O–H groups in total. The number of benzene rings is 2. The first-order chi connectivity index (χ1) is 14.7. The van der Waals surface area contributed by atoms with E-state index in [-0.39, 0.29) is 10.7 Å². The number of carbonyl (C=O) groups is 1. The molecule has 0 aliphatic carbocycles. The molecule has 0 saturated heterocycles. The molecule has 1 heterocycles. The number of rotatable bonds is 4. The lowest BCUT2D eigenvalue weighted by Gasteiger charge is -2.13. The van der Waals surface area contributed by atoms with Crippen molar-refractivity contribution < 1.29 is 39.6 Å². The Morgan fingerprint density at radius 1 is 1.00 bits per heavy atom. The van der Waals surface area contributed by atoms with E-state index in [0.29, 0.717) is 24.3 Å². The molecule has 3 aromatic rings. The van der Waals surface area contributed by atoms with Crippen molar-refractivity contribution in [2.24, 2.45) is 0 Å². The highest BCUT2D eigenvalue weighted by Gasteiger charge is 2.37. The second-order valence-electron chi connectivity index (χ2n) is 6.29. The van der Waals surface area contributed by atoms with Gasteiger partial charge in [0.05, 0.1) is 16.0 Å². The van der Waals surface area contributed by atoms with E-state index < -0.39 is 50.0 Å². The van der Waals surface area contributed by atoms with Gasteiger partial charge < -0.3 is 4.57 Å². The predicted octanol–water partition coefficient (Wildman–Crippen LogP) is 4.68. The number of amides is 1. The Labute approximate surface area is 181 Å². The summed E-state index contributed by atoms with van der Waals surface area (Å²) in [5.41, 5.74) is -3.27. The Balaban J connectivity index is 1.90. The fourth-order valence-corrected chi connectivity index (χ4v) is 4.05. The van der Waals surface area contributed by atoms with Crippen molar-refractivity contribution in [3.63, 3.8) is 0 Å². The van der Waals surface area contributed by atoms with Gasteiger partial charge in [0.1, 0.15) is 12.0 Å². The minimum absolute atomic E-state index is 0.137. The van der Waals surface area contributed by atoms with Gasteiger partial charge in [0, 0.05) is 16.9 Å². The van der Waals surface area contributed by atoms with Crippen molar-refractivity contribution in [3.8, 4) is 5.69 Å². The van der Waals surface area contributed by atoms with E-state index in [2.05, 4.69) is 4.98 Å². The van der Waals surface area contributed by atoms with Gasteiger partial charge in [-0.1, -0.05) is 23.7 Å². The van der Waals surface area contributed by atoms with Gasteiger partial charge in [0.2, 0.25) is 0 Å². The molecule has 32 heavy (non-hydrogen) atoms. The number of nitrogens with zero attached hydrogens (tertiary/aromatic N) is 2. The van der Waals surface area contributed by atoms with Gasteiger partial charge in [-0.05, 0) is 30.3 Å². The Kier molecular flexibility index (Phi) is 6.00. The number of halogens is 7. The molecule has 0 saturated carbocycles. The van der Waals surface area contributed by atoms with E-state index in [1.807, 2.05) is 0 Å². The second kappa shape index (κ2) is 8.13. The van der Waals surface area contributed by atoms with Crippen LogP contribution in [-0.4, -0.2) is 23.9 Å². The monoisotopic (exact) mass is 497 g/mol. The van der Waals surface area contributed by atoms with E-state index in [1.54, 1.807) is 0 Å². The molecule has 0 aliphatic rings. The molecule has 0 unspecified atom stereocenters. The molecule has 1 aromatic heterocycles. The molecule has 3 rings (SSSR count). The van der Waals surface area contributed by atoms with Crippen LogP contribution < -0.4 is 4.72 Å². The average Bonchev–Trinajstić information content (AvgIpc) is 3.16. The third-order valence-electron chi connectivity index (χ3n) is 4.03. The molecule has 0 spiro atoms. The van der Waals surface area contributed by atoms with Crippen LogP contribution in [0.5, 0.6) is 0 Å². The largest absolute Gasteiger partial charge is 0.417 e. The summed E-state index contributed by atoms with van der Waals surface area (Å²) < 4.78 is 105. The van der Waals surface area contributed by atoms with E-state index >= 15 is 0 Å². The number of sulfonamides is 1. The second-order valence-corrected chi connectivity index (χ2v) is 8.38. The highest BCUT2D eigenvalue weighted by atomic mass is 35.5. The maximum absolute atomic E-state index is 13.1. The van der Waals surface area contributed by atoms with Gasteiger partial charge in [0.15, 0.2) is 0 Å². The number of alkyl halides is 6. The van der Waals surface area contributed by atoms with Crippen LogP contribution >= 0.6 is 11.6 Å². The van der Waals surface area contributed by atoms with Gasteiger partial charge in [0.25, 0.3) is 15.9 Å². The minimum Gasteiger partial charge on any atom is -0.305 e. The maximum Gasteiger partial charge on any atom is 0.417 e. The molecule has 0 fully saturated rings. The summed E-state index contributed by atoms with van der Waals surface area (Å²) in [6, 6.07) is 5.75. The molecule has 0 bridgehead atoms. The predicted molar refractivity (Wildman–Crippen MR) is 99.7 cm³/mol. The SMILES string of the molecule is O=C(NS(=O)(=O)c1ccccc1C(F)(F)F)c1cn(-c2cc(Cl)cc(C(F)(F)F)c2)cn1. The highest BCUT2D eigenvalue weighted by Crippen LogP contribution is 2.34. The third kappa shape index (κ3) is 5.05. The first-order valence-electron chi connectivity index (χ1n) is 8.34. The molecule has 0 aliphatic heterocycles. The Hall–Kier alpha value is -3.06. The van der Waals surface area contributed by atoms with E-state index in [9.17, 15) is 39.6 Å². The van der Waals surface area contributed by atoms with Crippen molar-refractivity contribution in [3.05, 3.63) is 76.8 Å². The van der Waals surface area contributed by atoms with Crippen LogP contribution in [0, 0.1) is 0 Å². The van der Waals surface area contributed by atoms with Crippen molar-refractivity contribution >= 4 is 27.5 Å². The molecule has 14 heteroatoms. The summed E-state index contributed by atoms with van der Waals surface area (Å²) in [6.07, 6.45) is -7.90. The lowest BCUT2D eigenvalue weighted by molar-refractivity contribution is -0.140. The number of nitrogens with one attached hydrogen (secondary N) is 1. The molecule has 1 amide bonds. The quantitative estimate of drug-likeness (QED) is 0.531. The summed E-state index contributed by atoms with van der Waals surface area (Å²) in [7, 11) is -4.95. The molecule has 0 radical (unpaired) electrons. The standard InChI is InChI=1S/C18H10ClF6N3O3S/c19-11-5-10(17(20,21)22)6-12(7-11)28-8-14(26-9-28)16(29)27-32(30,31)15-4-2-1-3-13(15)18(23,24)25/h1-9H,(H,27,29). The molecule has 2 aromatic carbocycles. The van der Waals surface area contributed by atoms with Crippen LogP contribution in [-0.2, 0) is 22.4 Å². The number of carbonyl (C=O) groups excluding carboxylic acids is 1. The zero-order valence-electron chi connectivity index (χ0n) is 15.4. The average molecular weight is 498 g/mol. The summed E-state index contributed by atoms with van der Waals surface area (Å²) in [5, 5.41) is -0.263. The summed E-state index contributed by atoms with van der Waals surface area (Å²) in [5.74, 6) is -1.39. The molecule has 6 nitrogen and oxygen atoms in total. The first kappa shape index (κ1) is 23.6. The van der Waals surface area contributed by atoms with Gasteiger partial charge in [-0.3, -0.25) is 4.79 Å². The Bertz CT molecular complexity index is 1290. The van der Waals surface area contributed by atoms with E-state index in [0.717, 1.165) is 35.3 Å². The summed E-state index contributed by atoms with van der Waals surface area (Å²) >= 11 is 5.70. The third-order valence-corrected chi connectivity index (χ3v) is 5.64. The lowest BCUT2D eigenvalue weighted by atomic mass is 10.2. The number of hydrogen-bond acceptors (Lipinski definition) is 4. The van der Waals surface area contributed by atoms with Crippen molar-refractivity contribution in [1.82, 2.24) is 14.3 Å². The van der Waals surface area contributed by atoms with Crippen LogP contribution in [0.4, 0.5) is 26.3 Å². The van der Waals surface area contributed by atoms with Crippen LogP contribution in [0.2, 0.25) is 5.02 Å². The molecular formula is C18H10ClF6N3O3S. The zero-order valence-corrected chi connectivity index (χ0v) is 16.9. The van der Waals surface area contributed by atoms with Crippen LogP contribution in [0.3, 0.4) is 0 Å².